The Morgan fingerprint density at radius 1 is 0.660 bits per heavy atom. The smallest absolute Gasteiger partial charge is 0.220 e. The van der Waals surface area contributed by atoms with E-state index in [-0.39, 0.29) is 12.5 Å². The average Bonchev–Trinajstić information content (AvgIpc) is 3.11. The first-order chi connectivity index (χ1) is 24.3. The molecule has 50 heavy (non-hydrogen) atoms. The molecular weight excluding hydrogens is 634 g/mol. The van der Waals surface area contributed by atoms with Gasteiger partial charge in [0.05, 0.1) is 25.4 Å². The summed E-state index contributed by atoms with van der Waals surface area (Å²) in [5, 5.41) is 54.1. The van der Waals surface area contributed by atoms with Gasteiger partial charge in [0.2, 0.25) is 5.91 Å². The first-order valence-electron chi connectivity index (χ1n) is 20.9. The molecule has 9 nitrogen and oxygen atoms in total. The summed E-state index contributed by atoms with van der Waals surface area (Å²) in [5.41, 5.74) is 0. The molecule has 1 amide bonds. The number of allylic oxidation sites excluding steroid dienone is 2. The van der Waals surface area contributed by atoms with E-state index in [4.69, 9.17) is 9.47 Å². The monoisotopic (exact) mass is 714 g/mol. The minimum atomic E-state index is -1.55. The number of ether oxygens (including phenoxy) is 2. The first-order valence-corrected chi connectivity index (χ1v) is 20.9. The topological polar surface area (TPSA) is 149 Å². The number of hydrogen-bond donors (Lipinski definition) is 6. The number of carbonyl (C=O) groups is 1. The summed E-state index contributed by atoms with van der Waals surface area (Å²) >= 11 is 0. The van der Waals surface area contributed by atoms with Crippen molar-refractivity contribution in [3.8, 4) is 0 Å². The lowest BCUT2D eigenvalue weighted by Gasteiger charge is -2.40. The van der Waals surface area contributed by atoms with Crippen molar-refractivity contribution in [1.29, 1.82) is 0 Å². The maximum absolute atomic E-state index is 12.9. The van der Waals surface area contributed by atoms with Crippen molar-refractivity contribution < 1.29 is 39.8 Å². The van der Waals surface area contributed by atoms with Crippen molar-refractivity contribution in [2.24, 2.45) is 0 Å². The van der Waals surface area contributed by atoms with Gasteiger partial charge in [-0.3, -0.25) is 4.79 Å². The normalized spacial score (nSPS) is 22.3. The lowest BCUT2D eigenvalue weighted by molar-refractivity contribution is -0.302. The number of nitrogens with one attached hydrogen (secondary N) is 1. The van der Waals surface area contributed by atoms with Gasteiger partial charge >= 0.3 is 0 Å². The average molecular weight is 714 g/mol. The van der Waals surface area contributed by atoms with Crippen LogP contribution in [0, 0.1) is 0 Å². The zero-order valence-electron chi connectivity index (χ0n) is 32.2. The van der Waals surface area contributed by atoms with E-state index in [1.807, 2.05) is 0 Å². The third-order valence-corrected chi connectivity index (χ3v) is 10.1. The largest absolute Gasteiger partial charge is 0.394 e. The second-order valence-corrected chi connectivity index (χ2v) is 14.8. The van der Waals surface area contributed by atoms with E-state index in [1.165, 1.54) is 122 Å². The van der Waals surface area contributed by atoms with Gasteiger partial charge in [-0.05, 0) is 38.5 Å². The predicted molar refractivity (Wildman–Crippen MR) is 203 cm³/mol. The molecule has 0 spiro atoms. The van der Waals surface area contributed by atoms with E-state index in [2.05, 4.69) is 31.3 Å². The fourth-order valence-electron chi connectivity index (χ4n) is 6.68. The Labute approximate surface area is 306 Å². The molecule has 0 aromatic rings. The molecule has 0 bridgehead atoms. The third-order valence-electron chi connectivity index (χ3n) is 10.1. The summed E-state index contributed by atoms with van der Waals surface area (Å²) in [6.07, 6.45) is 27.8. The molecule has 0 radical (unpaired) electrons. The van der Waals surface area contributed by atoms with Gasteiger partial charge in [0.1, 0.15) is 24.4 Å². The Morgan fingerprint density at radius 3 is 1.64 bits per heavy atom. The Kier molecular flexibility index (Phi) is 30.6. The van der Waals surface area contributed by atoms with Crippen LogP contribution < -0.4 is 5.32 Å². The van der Waals surface area contributed by atoms with Gasteiger partial charge in [-0.25, -0.2) is 0 Å². The van der Waals surface area contributed by atoms with Gasteiger partial charge in [0, 0.05) is 6.42 Å². The number of unbranched alkanes of at least 4 members (excludes halogenated alkanes) is 22. The summed E-state index contributed by atoms with van der Waals surface area (Å²) in [7, 11) is 0. The number of aliphatic hydroxyl groups excluding tert-OH is 5. The molecule has 1 saturated heterocycles. The van der Waals surface area contributed by atoms with Crippen molar-refractivity contribution in [1.82, 2.24) is 5.32 Å². The van der Waals surface area contributed by atoms with Crippen molar-refractivity contribution in [3.05, 3.63) is 12.2 Å². The molecule has 1 aliphatic heterocycles. The number of rotatable bonds is 34. The quantitative estimate of drug-likeness (QED) is 0.0293. The molecule has 1 heterocycles. The summed E-state index contributed by atoms with van der Waals surface area (Å²) in [6.45, 7) is 3.80. The van der Waals surface area contributed by atoms with Crippen molar-refractivity contribution in [2.75, 3.05) is 13.2 Å². The Morgan fingerprint density at radius 2 is 1.12 bits per heavy atom. The van der Waals surface area contributed by atoms with Crippen molar-refractivity contribution >= 4 is 5.91 Å². The van der Waals surface area contributed by atoms with Gasteiger partial charge in [-0.1, -0.05) is 154 Å². The van der Waals surface area contributed by atoms with Gasteiger partial charge in [0.15, 0.2) is 6.29 Å². The molecule has 0 aromatic heterocycles. The third kappa shape index (κ3) is 23.5. The number of hydrogen-bond acceptors (Lipinski definition) is 8. The molecule has 7 unspecified atom stereocenters. The molecule has 6 N–H and O–H groups in total. The zero-order valence-corrected chi connectivity index (χ0v) is 32.2. The van der Waals surface area contributed by atoms with Crippen LogP contribution in [0.1, 0.15) is 187 Å². The van der Waals surface area contributed by atoms with E-state index >= 15 is 0 Å². The molecule has 0 aliphatic carbocycles. The maximum Gasteiger partial charge on any atom is 0.220 e. The van der Waals surface area contributed by atoms with E-state index < -0.39 is 49.5 Å². The van der Waals surface area contributed by atoms with Crippen LogP contribution in [-0.2, 0) is 14.3 Å². The molecule has 0 aromatic carbocycles. The van der Waals surface area contributed by atoms with E-state index in [9.17, 15) is 30.3 Å². The lowest BCUT2D eigenvalue weighted by atomic mass is 9.99. The van der Waals surface area contributed by atoms with E-state index in [0.717, 1.165) is 38.5 Å². The minimum Gasteiger partial charge on any atom is -0.394 e. The van der Waals surface area contributed by atoms with Crippen molar-refractivity contribution in [3.63, 3.8) is 0 Å². The summed E-state index contributed by atoms with van der Waals surface area (Å²) < 4.78 is 11.2. The molecule has 7 atom stereocenters. The summed E-state index contributed by atoms with van der Waals surface area (Å²) in [5.74, 6) is -0.150. The highest BCUT2D eigenvalue weighted by molar-refractivity contribution is 5.76. The van der Waals surface area contributed by atoms with Crippen LogP contribution in [-0.4, -0.2) is 87.5 Å². The Hall–Kier alpha value is -1.07. The molecule has 1 rings (SSSR count). The molecule has 9 heteroatoms. The molecule has 1 aliphatic rings. The summed E-state index contributed by atoms with van der Waals surface area (Å²) in [6, 6.07) is -0.715. The highest BCUT2D eigenvalue weighted by Crippen LogP contribution is 2.23. The minimum absolute atomic E-state index is 0.137. The number of amides is 1. The van der Waals surface area contributed by atoms with Crippen LogP contribution in [0.25, 0.3) is 0 Å². The number of aliphatic hydroxyl groups is 5. The fraction of sp³-hybridized carbons (Fsp3) is 0.927. The maximum atomic E-state index is 12.9. The second-order valence-electron chi connectivity index (χ2n) is 14.8. The Bertz CT molecular complexity index is 797. The van der Waals surface area contributed by atoms with Gasteiger partial charge in [-0.15, -0.1) is 0 Å². The molecule has 296 valence electrons. The van der Waals surface area contributed by atoms with Gasteiger partial charge in [-0.2, -0.15) is 0 Å². The molecular formula is C41H79NO8. The van der Waals surface area contributed by atoms with Crippen LogP contribution in [0.2, 0.25) is 0 Å². The zero-order chi connectivity index (χ0) is 36.7. The highest BCUT2D eigenvalue weighted by atomic mass is 16.7. The number of carbonyl (C=O) groups excluding carboxylic acids is 1. The lowest BCUT2D eigenvalue weighted by Crippen LogP contribution is -2.60. The fourth-order valence-corrected chi connectivity index (χ4v) is 6.68. The molecule has 1 fully saturated rings. The van der Waals surface area contributed by atoms with Crippen LogP contribution in [0.15, 0.2) is 12.2 Å². The van der Waals surface area contributed by atoms with Crippen LogP contribution >= 0.6 is 0 Å². The van der Waals surface area contributed by atoms with Gasteiger partial charge < -0.3 is 40.3 Å². The second kappa shape index (κ2) is 32.6. The SMILES string of the molecule is CCCCCC/C=C\CCCCCCCCCC(=O)NC(COC1OC(CO)C(O)C(O)C1O)C(O)CCCCCCCCCCCCCC. The van der Waals surface area contributed by atoms with Gasteiger partial charge in [0.25, 0.3) is 0 Å². The summed E-state index contributed by atoms with van der Waals surface area (Å²) in [4.78, 5) is 12.9. The van der Waals surface area contributed by atoms with E-state index in [0.29, 0.717) is 12.8 Å². The predicted octanol–water partition coefficient (Wildman–Crippen LogP) is 7.78. The Balaban J connectivity index is 2.38. The standard InChI is InChI=1S/C41H79NO8/c1-3-5-7-9-11-13-15-17-18-19-21-23-25-27-29-31-37(45)42-34(33-49-41-40(48)39(47)38(46)36(32-43)50-41)35(44)30-28-26-24-22-20-16-14-12-10-8-6-4-2/h13,15,34-36,38-41,43-44,46-48H,3-12,14,16-33H2,1-2H3,(H,42,45)/b15-13-. The highest BCUT2D eigenvalue weighted by Gasteiger charge is 2.44. The molecule has 0 saturated carbocycles. The van der Waals surface area contributed by atoms with Crippen molar-refractivity contribution in [2.45, 2.75) is 230 Å². The van der Waals surface area contributed by atoms with E-state index in [1.54, 1.807) is 0 Å². The van der Waals surface area contributed by atoms with Crippen LogP contribution in [0.3, 0.4) is 0 Å². The van der Waals surface area contributed by atoms with Crippen LogP contribution in [0.5, 0.6) is 0 Å². The van der Waals surface area contributed by atoms with Crippen LogP contribution in [0.4, 0.5) is 0 Å². The first kappa shape index (κ1) is 47.0.